The summed E-state index contributed by atoms with van der Waals surface area (Å²) >= 11 is 0. The molecule has 4 heteroatoms. The molecule has 0 radical (unpaired) electrons. The van der Waals surface area contributed by atoms with Gasteiger partial charge in [-0.2, -0.15) is 0 Å². The zero-order chi connectivity index (χ0) is 7.68. The largest absolute Gasteiger partial charge is 0.505 e. The van der Waals surface area contributed by atoms with Crippen LogP contribution < -0.4 is 5.32 Å². The quantitative estimate of drug-likeness (QED) is 0.655. The molecule has 0 amide bonds. The van der Waals surface area contributed by atoms with Gasteiger partial charge in [-0.15, -0.1) is 0 Å². The van der Waals surface area contributed by atoms with E-state index in [4.69, 9.17) is 5.11 Å². The van der Waals surface area contributed by atoms with Crippen LogP contribution in [0.15, 0.2) is 12.4 Å². The molecule has 1 fully saturated rings. The van der Waals surface area contributed by atoms with Gasteiger partial charge in [0.05, 0.1) is 12.4 Å². The Balaban J connectivity index is 2.06. The zero-order valence-corrected chi connectivity index (χ0v) is 5.99. The zero-order valence-electron chi connectivity index (χ0n) is 5.99. The minimum Gasteiger partial charge on any atom is -0.505 e. The summed E-state index contributed by atoms with van der Waals surface area (Å²) < 4.78 is 0. The van der Waals surface area contributed by atoms with E-state index in [2.05, 4.69) is 15.3 Å². The third kappa shape index (κ3) is 1.58. The van der Waals surface area contributed by atoms with Gasteiger partial charge in [-0.25, -0.2) is 9.97 Å². The van der Waals surface area contributed by atoms with E-state index in [1.807, 2.05) is 0 Å². The Hall–Kier alpha value is -1.32. The molecule has 0 spiro atoms. The summed E-state index contributed by atoms with van der Waals surface area (Å²) in [7, 11) is 0. The van der Waals surface area contributed by atoms with Crippen LogP contribution in [0.5, 0.6) is 5.75 Å². The van der Waals surface area contributed by atoms with Crippen molar-refractivity contribution in [2.75, 3.05) is 5.32 Å². The molecule has 0 aromatic carbocycles. The molecule has 1 aliphatic rings. The first kappa shape index (κ1) is 6.39. The molecule has 1 aliphatic carbocycles. The summed E-state index contributed by atoms with van der Waals surface area (Å²) in [5.74, 6) is 0.705. The van der Waals surface area contributed by atoms with Gasteiger partial charge in [0.2, 0.25) is 5.95 Å². The van der Waals surface area contributed by atoms with Gasteiger partial charge in [0.15, 0.2) is 5.75 Å². The lowest BCUT2D eigenvalue weighted by Gasteiger charge is -1.99. The van der Waals surface area contributed by atoms with E-state index in [9.17, 15) is 0 Å². The lowest BCUT2D eigenvalue weighted by atomic mass is 10.6. The van der Waals surface area contributed by atoms with Crippen LogP contribution >= 0.6 is 0 Å². The van der Waals surface area contributed by atoms with Crippen molar-refractivity contribution in [3.05, 3.63) is 12.4 Å². The molecule has 0 aliphatic heterocycles. The van der Waals surface area contributed by atoms with Gasteiger partial charge in [0.1, 0.15) is 0 Å². The van der Waals surface area contributed by atoms with Gasteiger partial charge in [-0.05, 0) is 12.8 Å². The summed E-state index contributed by atoms with van der Waals surface area (Å²) in [6.07, 6.45) is 5.17. The molecule has 1 aromatic heterocycles. The van der Waals surface area contributed by atoms with Crippen molar-refractivity contribution in [1.82, 2.24) is 9.97 Å². The van der Waals surface area contributed by atoms with Crippen molar-refractivity contribution in [1.29, 1.82) is 0 Å². The van der Waals surface area contributed by atoms with Crippen molar-refractivity contribution in [3.63, 3.8) is 0 Å². The van der Waals surface area contributed by atoms with Crippen molar-refractivity contribution in [2.24, 2.45) is 0 Å². The van der Waals surface area contributed by atoms with Crippen LogP contribution in [-0.2, 0) is 0 Å². The predicted octanol–water partition coefficient (Wildman–Crippen LogP) is 0.756. The number of nitrogens with one attached hydrogen (secondary N) is 1. The average Bonchev–Trinajstić information content (AvgIpc) is 2.78. The number of hydrogen-bond acceptors (Lipinski definition) is 4. The first-order chi connectivity index (χ1) is 5.34. The van der Waals surface area contributed by atoms with E-state index < -0.39 is 0 Å². The molecular formula is C7H9N3O. The molecule has 0 atom stereocenters. The molecule has 4 nitrogen and oxygen atoms in total. The fourth-order valence-electron chi connectivity index (χ4n) is 0.806. The Labute approximate surface area is 64.3 Å². The lowest BCUT2D eigenvalue weighted by Crippen LogP contribution is -2.04. The fraction of sp³-hybridized carbons (Fsp3) is 0.429. The summed E-state index contributed by atoms with van der Waals surface area (Å²) in [4.78, 5) is 7.77. The number of hydrogen-bond donors (Lipinski definition) is 2. The Morgan fingerprint density at radius 1 is 1.36 bits per heavy atom. The maximum atomic E-state index is 8.85. The molecule has 0 bridgehead atoms. The normalized spacial score (nSPS) is 16.4. The Bertz CT molecular complexity index is 242. The maximum Gasteiger partial charge on any atom is 0.223 e. The number of anilines is 1. The second-order valence-electron chi connectivity index (χ2n) is 2.68. The fourth-order valence-corrected chi connectivity index (χ4v) is 0.806. The molecule has 2 N–H and O–H groups in total. The summed E-state index contributed by atoms with van der Waals surface area (Å²) in [5.41, 5.74) is 0. The van der Waals surface area contributed by atoms with Gasteiger partial charge in [0.25, 0.3) is 0 Å². The molecule has 1 heterocycles. The Morgan fingerprint density at radius 3 is 2.55 bits per heavy atom. The van der Waals surface area contributed by atoms with Crippen molar-refractivity contribution in [3.8, 4) is 5.75 Å². The highest BCUT2D eigenvalue weighted by Gasteiger charge is 2.21. The van der Waals surface area contributed by atoms with E-state index in [1.165, 1.54) is 25.2 Å². The predicted molar refractivity (Wildman–Crippen MR) is 40.3 cm³/mol. The Morgan fingerprint density at radius 2 is 2.00 bits per heavy atom. The number of aromatic hydroxyl groups is 1. The van der Waals surface area contributed by atoms with Crippen molar-refractivity contribution in [2.45, 2.75) is 18.9 Å². The standard InChI is InChI=1S/C7H9N3O/c11-6-3-8-7(9-4-6)10-5-1-2-5/h3-5,11H,1-2H2,(H,8,9,10). The Kier molecular flexibility index (Phi) is 1.38. The first-order valence-electron chi connectivity index (χ1n) is 3.62. The van der Waals surface area contributed by atoms with Gasteiger partial charge >= 0.3 is 0 Å². The van der Waals surface area contributed by atoms with Crippen LogP contribution in [0.4, 0.5) is 5.95 Å². The summed E-state index contributed by atoms with van der Waals surface area (Å²) in [6.45, 7) is 0. The van der Waals surface area contributed by atoms with E-state index in [1.54, 1.807) is 0 Å². The van der Waals surface area contributed by atoms with Crippen LogP contribution in [0.3, 0.4) is 0 Å². The highest BCUT2D eigenvalue weighted by atomic mass is 16.3. The van der Waals surface area contributed by atoms with Crippen LogP contribution in [-0.4, -0.2) is 21.1 Å². The minimum atomic E-state index is 0.103. The lowest BCUT2D eigenvalue weighted by molar-refractivity contribution is 0.470. The molecule has 0 saturated heterocycles. The van der Waals surface area contributed by atoms with Gasteiger partial charge in [0, 0.05) is 6.04 Å². The molecule has 2 rings (SSSR count). The molecule has 58 valence electrons. The van der Waals surface area contributed by atoms with E-state index in [0.29, 0.717) is 12.0 Å². The molecule has 1 aromatic rings. The highest BCUT2D eigenvalue weighted by Crippen LogP contribution is 2.22. The third-order valence-electron chi connectivity index (χ3n) is 1.55. The third-order valence-corrected chi connectivity index (χ3v) is 1.55. The summed E-state index contributed by atoms with van der Waals surface area (Å²) in [6, 6.07) is 0.555. The second kappa shape index (κ2) is 2.38. The SMILES string of the molecule is Oc1cnc(NC2CC2)nc1. The number of rotatable bonds is 2. The highest BCUT2D eigenvalue weighted by molar-refractivity contribution is 5.29. The topological polar surface area (TPSA) is 58.0 Å². The van der Waals surface area contributed by atoms with E-state index in [0.717, 1.165) is 0 Å². The summed E-state index contributed by atoms with van der Waals surface area (Å²) in [5, 5.41) is 12.0. The minimum absolute atomic E-state index is 0.103. The van der Waals surface area contributed by atoms with Crippen LogP contribution in [0.1, 0.15) is 12.8 Å². The smallest absolute Gasteiger partial charge is 0.223 e. The monoisotopic (exact) mass is 151 g/mol. The number of nitrogens with zero attached hydrogens (tertiary/aromatic N) is 2. The first-order valence-corrected chi connectivity index (χ1v) is 3.62. The van der Waals surface area contributed by atoms with Crippen LogP contribution in [0.25, 0.3) is 0 Å². The maximum absolute atomic E-state index is 8.85. The molecule has 0 unspecified atom stereocenters. The average molecular weight is 151 g/mol. The van der Waals surface area contributed by atoms with Crippen molar-refractivity contribution >= 4 is 5.95 Å². The van der Waals surface area contributed by atoms with Crippen LogP contribution in [0.2, 0.25) is 0 Å². The van der Waals surface area contributed by atoms with Crippen molar-refractivity contribution < 1.29 is 5.11 Å². The van der Waals surface area contributed by atoms with Gasteiger partial charge in [-0.1, -0.05) is 0 Å². The number of aromatic nitrogens is 2. The molecule has 1 saturated carbocycles. The van der Waals surface area contributed by atoms with E-state index in [-0.39, 0.29) is 5.75 Å². The molecular weight excluding hydrogens is 142 g/mol. The van der Waals surface area contributed by atoms with Gasteiger partial charge in [-0.3, -0.25) is 0 Å². The van der Waals surface area contributed by atoms with Gasteiger partial charge < -0.3 is 10.4 Å². The van der Waals surface area contributed by atoms with E-state index >= 15 is 0 Å². The van der Waals surface area contributed by atoms with Crippen LogP contribution in [0, 0.1) is 0 Å². The second-order valence-corrected chi connectivity index (χ2v) is 2.68. The molecule has 11 heavy (non-hydrogen) atoms.